The molecular weight excluding hydrogens is 274 g/mol. The van der Waals surface area contributed by atoms with E-state index in [9.17, 15) is 8.42 Å². The fourth-order valence-electron chi connectivity index (χ4n) is 2.44. The molecule has 1 aliphatic carbocycles. The van der Waals surface area contributed by atoms with Crippen LogP contribution in [-0.4, -0.2) is 32.9 Å². The molecule has 0 atom stereocenters. The molecule has 2 rings (SSSR count). The molecule has 0 unspecified atom stereocenters. The first-order chi connectivity index (χ1) is 9.55. The monoisotopic (exact) mass is 297 g/mol. The summed E-state index contributed by atoms with van der Waals surface area (Å²) in [5.74, 6) is 0.207. The van der Waals surface area contributed by atoms with Crippen LogP contribution in [0.5, 0.6) is 0 Å². The Morgan fingerprint density at radius 2 is 1.85 bits per heavy atom. The van der Waals surface area contributed by atoms with Crippen LogP contribution in [0.15, 0.2) is 29.2 Å². The second-order valence-corrected chi connectivity index (χ2v) is 7.34. The summed E-state index contributed by atoms with van der Waals surface area (Å²) in [5.41, 5.74) is 0.973. The number of ether oxygens (including phenoxy) is 1. The second kappa shape index (κ2) is 6.59. The maximum atomic E-state index is 11.9. The summed E-state index contributed by atoms with van der Waals surface area (Å²) >= 11 is 0. The van der Waals surface area contributed by atoms with E-state index in [1.54, 1.807) is 12.1 Å². The molecule has 5 heteroatoms. The molecule has 112 valence electrons. The smallest absolute Gasteiger partial charge is 0.178 e. The van der Waals surface area contributed by atoms with Crippen molar-refractivity contribution in [3.8, 4) is 0 Å². The van der Waals surface area contributed by atoms with Crippen LogP contribution in [-0.2, 0) is 14.6 Å². The highest BCUT2D eigenvalue weighted by molar-refractivity contribution is 7.91. The third kappa shape index (κ3) is 3.73. The number of benzene rings is 1. The summed E-state index contributed by atoms with van der Waals surface area (Å²) < 4.78 is 29.3. The maximum Gasteiger partial charge on any atom is 0.178 e. The Kier molecular flexibility index (Phi) is 5.05. The quantitative estimate of drug-likeness (QED) is 0.841. The topological polar surface area (TPSA) is 55.4 Å². The Balaban J connectivity index is 1.90. The minimum Gasteiger partial charge on any atom is -0.382 e. The van der Waals surface area contributed by atoms with Gasteiger partial charge in [-0.1, -0.05) is 6.92 Å². The van der Waals surface area contributed by atoms with E-state index >= 15 is 0 Å². The van der Waals surface area contributed by atoms with Gasteiger partial charge in [-0.2, -0.15) is 0 Å². The van der Waals surface area contributed by atoms with Gasteiger partial charge in [0.15, 0.2) is 9.84 Å². The highest BCUT2D eigenvalue weighted by atomic mass is 32.2. The number of rotatable bonds is 7. The summed E-state index contributed by atoms with van der Waals surface area (Å²) in [4.78, 5) is 0.408. The van der Waals surface area contributed by atoms with Crippen molar-refractivity contribution in [3.63, 3.8) is 0 Å². The van der Waals surface area contributed by atoms with Crippen molar-refractivity contribution < 1.29 is 13.2 Å². The molecule has 0 heterocycles. The molecule has 0 spiro atoms. The standard InChI is InChI=1S/C15H23NO3S/c1-3-9-20(17,18)15-7-5-12(6-8-15)16-13-10-14(11-13)19-4-2/h5-8,13-14,16H,3-4,9-11H2,1-2H3. The van der Waals surface area contributed by atoms with Gasteiger partial charge in [0, 0.05) is 18.3 Å². The molecule has 1 aromatic rings. The van der Waals surface area contributed by atoms with E-state index in [4.69, 9.17) is 4.74 Å². The van der Waals surface area contributed by atoms with Crippen molar-refractivity contribution in [2.24, 2.45) is 0 Å². The van der Waals surface area contributed by atoms with Gasteiger partial charge in [0.05, 0.1) is 16.8 Å². The van der Waals surface area contributed by atoms with Crippen molar-refractivity contribution in [1.29, 1.82) is 0 Å². The van der Waals surface area contributed by atoms with Gasteiger partial charge in [-0.15, -0.1) is 0 Å². The normalized spacial score (nSPS) is 22.3. The van der Waals surface area contributed by atoms with Crippen LogP contribution in [0.3, 0.4) is 0 Å². The molecule has 1 aromatic carbocycles. The van der Waals surface area contributed by atoms with Gasteiger partial charge in [-0.25, -0.2) is 8.42 Å². The van der Waals surface area contributed by atoms with Gasteiger partial charge in [-0.05, 0) is 50.5 Å². The van der Waals surface area contributed by atoms with E-state index in [0.29, 0.717) is 23.5 Å². The lowest BCUT2D eigenvalue weighted by Gasteiger charge is -2.36. The molecular formula is C15H23NO3S. The molecule has 4 nitrogen and oxygen atoms in total. The average Bonchev–Trinajstić information content (AvgIpc) is 2.37. The molecule has 1 N–H and O–H groups in total. The fourth-order valence-corrected chi connectivity index (χ4v) is 3.76. The lowest BCUT2D eigenvalue weighted by Crippen LogP contribution is -2.40. The molecule has 1 saturated carbocycles. The van der Waals surface area contributed by atoms with Gasteiger partial charge in [0.25, 0.3) is 0 Å². The summed E-state index contributed by atoms with van der Waals surface area (Å²) in [6.07, 6.45) is 3.05. The molecule has 0 aromatic heterocycles. The zero-order valence-corrected chi connectivity index (χ0v) is 12.9. The van der Waals surface area contributed by atoms with Gasteiger partial charge in [0.2, 0.25) is 0 Å². The van der Waals surface area contributed by atoms with Crippen LogP contribution < -0.4 is 5.32 Å². The maximum absolute atomic E-state index is 11.9. The largest absolute Gasteiger partial charge is 0.382 e. The van der Waals surface area contributed by atoms with Crippen molar-refractivity contribution in [2.75, 3.05) is 17.7 Å². The lowest BCUT2D eigenvalue weighted by molar-refractivity contribution is 0.00299. The van der Waals surface area contributed by atoms with E-state index in [1.807, 2.05) is 26.0 Å². The highest BCUT2D eigenvalue weighted by Crippen LogP contribution is 2.27. The van der Waals surface area contributed by atoms with Crippen molar-refractivity contribution in [1.82, 2.24) is 0 Å². The average molecular weight is 297 g/mol. The third-order valence-corrected chi connectivity index (χ3v) is 5.49. The van der Waals surface area contributed by atoms with E-state index in [2.05, 4.69) is 5.32 Å². The third-order valence-electron chi connectivity index (χ3n) is 3.55. The van der Waals surface area contributed by atoms with Crippen LogP contribution in [0.2, 0.25) is 0 Å². The zero-order valence-electron chi connectivity index (χ0n) is 12.1. The number of hydrogen-bond acceptors (Lipinski definition) is 4. The Labute approximate surface area is 121 Å². The molecule has 20 heavy (non-hydrogen) atoms. The predicted octanol–water partition coefficient (Wildman–Crippen LogP) is 2.85. The van der Waals surface area contributed by atoms with E-state index in [-0.39, 0.29) is 5.75 Å². The first-order valence-corrected chi connectivity index (χ1v) is 8.91. The number of hydrogen-bond donors (Lipinski definition) is 1. The first-order valence-electron chi connectivity index (χ1n) is 7.26. The number of sulfone groups is 1. The van der Waals surface area contributed by atoms with Crippen molar-refractivity contribution >= 4 is 15.5 Å². The van der Waals surface area contributed by atoms with E-state index < -0.39 is 9.84 Å². The molecule has 0 bridgehead atoms. The molecule has 0 aliphatic heterocycles. The van der Waals surface area contributed by atoms with E-state index in [0.717, 1.165) is 25.1 Å². The molecule has 1 fully saturated rings. The number of anilines is 1. The fraction of sp³-hybridized carbons (Fsp3) is 0.600. The van der Waals surface area contributed by atoms with Crippen LogP contribution in [0.1, 0.15) is 33.1 Å². The Hall–Kier alpha value is -1.07. The van der Waals surface area contributed by atoms with Crippen LogP contribution >= 0.6 is 0 Å². The second-order valence-electron chi connectivity index (χ2n) is 5.23. The van der Waals surface area contributed by atoms with Crippen LogP contribution in [0.25, 0.3) is 0 Å². The summed E-state index contributed by atoms with van der Waals surface area (Å²) in [5, 5.41) is 3.40. The zero-order chi connectivity index (χ0) is 14.6. The molecule has 0 radical (unpaired) electrons. The van der Waals surface area contributed by atoms with Gasteiger partial charge in [0.1, 0.15) is 0 Å². The van der Waals surface area contributed by atoms with Gasteiger partial charge in [-0.3, -0.25) is 0 Å². The van der Waals surface area contributed by atoms with Crippen molar-refractivity contribution in [2.45, 2.75) is 50.2 Å². The Bertz CT molecular complexity index is 519. The summed E-state index contributed by atoms with van der Waals surface area (Å²) in [6.45, 7) is 4.65. The summed E-state index contributed by atoms with van der Waals surface area (Å²) in [6, 6.07) is 7.50. The first kappa shape index (κ1) is 15.3. The SMILES string of the molecule is CCCS(=O)(=O)c1ccc(NC2CC(OCC)C2)cc1. The number of nitrogens with one attached hydrogen (secondary N) is 1. The predicted molar refractivity (Wildman–Crippen MR) is 80.8 cm³/mol. The molecule has 1 aliphatic rings. The van der Waals surface area contributed by atoms with Gasteiger partial charge >= 0.3 is 0 Å². The summed E-state index contributed by atoms with van der Waals surface area (Å²) in [7, 11) is -3.11. The Morgan fingerprint density at radius 3 is 2.40 bits per heavy atom. The molecule has 0 amide bonds. The van der Waals surface area contributed by atoms with Crippen molar-refractivity contribution in [3.05, 3.63) is 24.3 Å². The minimum atomic E-state index is -3.11. The van der Waals surface area contributed by atoms with Crippen LogP contribution in [0.4, 0.5) is 5.69 Å². The highest BCUT2D eigenvalue weighted by Gasteiger charge is 2.29. The van der Waals surface area contributed by atoms with E-state index in [1.165, 1.54) is 0 Å². The van der Waals surface area contributed by atoms with Crippen LogP contribution in [0, 0.1) is 0 Å². The lowest BCUT2D eigenvalue weighted by atomic mass is 9.89. The Morgan fingerprint density at radius 1 is 1.20 bits per heavy atom. The minimum absolute atomic E-state index is 0.207. The molecule has 0 saturated heterocycles. The van der Waals surface area contributed by atoms with Gasteiger partial charge < -0.3 is 10.1 Å².